The Morgan fingerprint density at radius 3 is 2.65 bits per heavy atom. The Labute approximate surface area is 140 Å². The van der Waals surface area contributed by atoms with Crippen LogP contribution in [0.3, 0.4) is 0 Å². The number of hydrogen-bond donors (Lipinski definition) is 0. The van der Waals surface area contributed by atoms with Gasteiger partial charge in [0.1, 0.15) is 12.4 Å². The quantitative estimate of drug-likeness (QED) is 0.742. The Bertz CT molecular complexity index is 466. The van der Waals surface area contributed by atoms with Crippen LogP contribution < -0.4 is 0 Å². The second kappa shape index (κ2) is 6.66. The van der Waals surface area contributed by atoms with Crippen LogP contribution in [0.5, 0.6) is 0 Å². The van der Waals surface area contributed by atoms with E-state index in [1.54, 1.807) is 0 Å². The van der Waals surface area contributed by atoms with Gasteiger partial charge in [-0.05, 0) is 62.2 Å². The first kappa shape index (κ1) is 17.1. The highest BCUT2D eigenvalue weighted by Gasteiger charge is 2.52. The monoisotopic (exact) mass is 320 g/mol. The first-order valence-electron chi connectivity index (χ1n) is 9.64. The highest BCUT2D eigenvalue weighted by molar-refractivity contribution is 5.84. The molecule has 23 heavy (non-hydrogen) atoms. The van der Waals surface area contributed by atoms with Gasteiger partial charge < -0.3 is 4.74 Å². The Morgan fingerprint density at radius 1 is 1.22 bits per heavy atom. The van der Waals surface area contributed by atoms with Gasteiger partial charge in [0.15, 0.2) is 5.78 Å². The third-order valence-electron chi connectivity index (χ3n) is 7.55. The Hall–Kier alpha value is -0.700. The number of carbonyl (C=O) groups excluding carboxylic acids is 2. The maximum Gasteiger partial charge on any atom is 0.161 e. The first-order valence-corrected chi connectivity index (χ1v) is 9.64. The van der Waals surface area contributed by atoms with Crippen molar-refractivity contribution in [2.45, 2.75) is 65.7 Å². The number of fused-ring (bicyclic) bond motifs is 1. The zero-order valence-electron chi connectivity index (χ0n) is 15.0. The molecule has 0 spiro atoms. The van der Waals surface area contributed by atoms with Crippen molar-refractivity contribution in [2.24, 2.45) is 35.0 Å². The highest BCUT2D eigenvalue weighted by Crippen LogP contribution is 2.55. The van der Waals surface area contributed by atoms with Gasteiger partial charge in [0.25, 0.3) is 0 Å². The summed E-state index contributed by atoms with van der Waals surface area (Å²) in [5, 5.41) is 0. The van der Waals surface area contributed by atoms with Crippen LogP contribution in [0, 0.1) is 35.0 Å². The summed E-state index contributed by atoms with van der Waals surface area (Å²) in [5.74, 6) is 3.38. The molecule has 2 bridgehead atoms. The average Bonchev–Trinajstić information content (AvgIpc) is 2.72. The predicted molar refractivity (Wildman–Crippen MR) is 90.1 cm³/mol. The van der Waals surface area contributed by atoms with E-state index in [0.29, 0.717) is 42.3 Å². The zero-order chi connectivity index (χ0) is 16.6. The van der Waals surface area contributed by atoms with Gasteiger partial charge >= 0.3 is 0 Å². The summed E-state index contributed by atoms with van der Waals surface area (Å²) in [6, 6.07) is 0. The maximum absolute atomic E-state index is 12.7. The minimum Gasteiger partial charge on any atom is -0.373 e. The average molecular weight is 320 g/mol. The van der Waals surface area contributed by atoms with Crippen molar-refractivity contribution >= 4 is 11.6 Å². The number of carbonyl (C=O) groups is 2. The highest BCUT2D eigenvalue weighted by atomic mass is 16.5. The Kier molecular flexibility index (Phi) is 4.96. The van der Waals surface area contributed by atoms with E-state index in [1.807, 2.05) is 0 Å². The third-order valence-corrected chi connectivity index (χ3v) is 7.55. The molecule has 0 amide bonds. The van der Waals surface area contributed by atoms with Crippen LogP contribution in [0.2, 0.25) is 0 Å². The molecular weight excluding hydrogens is 288 g/mol. The van der Waals surface area contributed by atoms with Crippen LogP contribution in [0.15, 0.2) is 0 Å². The van der Waals surface area contributed by atoms with Gasteiger partial charge in [0.05, 0.1) is 6.61 Å². The summed E-state index contributed by atoms with van der Waals surface area (Å²) in [4.78, 5) is 24.9. The fraction of sp³-hybridized carbons (Fsp3) is 0.900. The van der Waals surface area contributed by atoms with E-state index >= 15 is 0 Å². The van der Waals surface area contributed by atoms with Gasteiger partial charge in [0, 0.05) is 17.8 Å². The smallest absolute Gasteiger partial charge is 0.161 e. The van der Waals surface area contributed by atoms with Crippen molar-refractivity contribution in [3.63, 3.8) is 0 Å². The molecule has 5 atom stereocenters. The van der Waals surface area contributed by atoms with Crippen molar-refractivity contribution in [1.29, 1.82) is 0 Å². The summed E-state index contributed by atoms with van der Waals surface area (Å²) in [5.41, 5.74) is -0.147. The molecule has 130 valence electrons. The van der Waals surface area contributed by atoms with E-state index < -0.39 is 0 Å². The van der Waals surface area contributed by atoms with Crippen molar-refractivity contribution in [2.75, 3.05) is 13.2 Å². The van der Waals surface area contributed by atoms with E-state index in [2.05, 4.69) is 20.8 Å². The lowest BCUT2D eigenvalue weighted by Gasteiger charge is -2.28. The molecule has 5 unspecified atom stereocenters. The van der Waals surface area contributed by atoms with Gasteiger partial charge in [0.2, 0.25) is 0 Å². The summed E-state index contributed by atoms with van der Waals surface area (Å²) in [6.45, 7) is 7.42. The molecule has 2 aliphatic carbocycles. The van der Waals surface area contributed by atoms with E-state index in [0.717, 1.165) is 38.2 Å². The van der Waals surface area contributed by atoms with E-state index in [1.165, 1.54) is 12.8 Å². The summed E-state index contributed by atoms with van der Waals surface area (Å²) >= 11 is 0. The van der Waals surface area contributed by atoms with Crippen LogP contribution >= 0.6 is 0 Å². The number of hydrogen-bond acceptors (Lipinski definition) is 3. The molecule has 3 heteroatoms. The molecule has 3 nitrogen and oxygen atoms in total. The van der Waals surface area contributed by atoms with E-state index in [4.69, 9.17) is 4.74 Å². The van der Waals surface area contributed by atoms with Crippen molar-refractivity contribution < 1.29 is 14.3 Å². The Morgan fingerprint density at radius 2 is 1.96 bits per heavy atom. The van der Waals surface area contributed by atoms with Gasteiger partial charge in [-0.15, -0.1) is 0 Å². The summed E-state index contributed by atoms with van der Waals surface area (Å²) in [6.07, 6.45) is 7.01. The molecule has 2 saturated carbocycles. The van der Waals surface area contributed by atoms with Crippen LogP contribution in [-0.4, -0.2) is 24.8 Å². The first-order chi connectivity index (χ1) is 11.0. The number of Topliss-reactive ketones (excluding diaryl/α,β-unsaturated/α-hetero) is 2. The summed E-state index contributed by atoms with van der Waals surface area (Å²) < 4.78 is 5.69. The number of rotatable bonds is 6. The van der Waals surface area contributed by atoms with Gasteiger partial charge in [-0.2, -0.15) is 0 Å². The van der Waals surface area contributed by atoms with Gasteiger partial charge in [-0.1, -0.05) is 20.8 Å². The molecule has 0 radical (unpaired) electrons. The molecule has 1 heterocycles. The van der Waals surface area contributed by atoms with Gasteiger partial charge in [-0.25, -0.2) is 0 Å². The number of ether oxygens (including phenoxy) is 1. The minimum absolute atomic E-state index is 0.147. The largest absolute Gasteiger partial charge is 0.373 e. The van der Waals surface area contributed by atoms with Crippen molar-refractivity contribution in [1.82, 2.24) is 0 Å². The summed E-state index contributed by atoms with van der Waals surface area (Å²) in [7, 11) is 0. The van der Waals surface area contributed by atoms with Crippen molar-refractivity contribution in [3.8, 4) is 0 Å². The molecule has 0 aromatic carbocycles. The van der Waals surface area contributed by atoms with Crippen LogP contribution in [0.4, 0.5) is 0 Å². The molecule has 0 aromatic heterocycles. The molecule has 3 aliphatic rings. The molecule has 3 fully saturated rings. The van der Waals surface area contributed by atoms with E-state index in [9.17, 15) is 9.59 Å². The van der Waals surface area contributed by atoms with E-state index in [-0.39, 0.29) is 11.3 Å². The molecule has 1 aliphatic heterocycles. The molecule has 1 saturated heterocycles. The molecule has 3 rings (SSSR count). The topological polar surface area (TPSA) is 43.4 Å². The SMILES string of the molecule is CCC(C)(CC)C(=O)CCC1C2CCC3C(=O)COCC1C3C2. The fourth-order valence-electron chi connectivity index (χ4n) is 5.51. The van der Waals surface area contributed by atoms with Crippen LogP contribution in [0.25, 0.3) is 0 Å². The second-order valence-corrected chi connectivity index (χ2v) is 8.38. The maximum atomic E-state index is 12.7. The fourth-order valence-corrected chi connectivity index (χ4v) is 5.51. The second-order valence-electron chi connectivity index (χ2n) is 8.38. The normalized spacial score (nSPS) is 36.8. The minimum atomic E-state index is -0.147. The lowest BCUT2D eigenvalue weighted by atomic mass is 9.76. The van der Waals surface area contributed by atoms with Crippen LogP contribution in [0.1, 0.15) is 65.7 Å². The predicted octanol–water partition coefficient (Wildman–Crippen LogP) is 4.04. The molecular formula is C20H32O3. The zero-order valence-corrected chi connectivity index (χ0v) is 15.0. The van der Waals surface area contributed by atoms with Crippen molar-refractivity contribution in [3.05, 3.63) is 0 Å². The third kappa shape index (κ3) is 3.01. The van der Waals surface area contributed by atoms with Crippen LogP contribution in [-0.2, 0) is 14.3 Å². The molecule has 0 aromatic rings. The Balaban J connectivity index is 1.67. The van der Waals surface area contributed by atoms with Gasteiger partial charge in [-0.3, -0.25) is 9.59 Å². The lowest BCUT2D eigenvalue weighted by molar-refractivity contribution is -0.128. The molecule has 0 N–H and O–H groups in total. The lowest BCUT2D eigenvalue weighted by Crippen LogP contribution is -2.28. The standard InChI is InChI=1S/C20H32O3/c1-4-20(3,5-2)19(22)9-8-14-13-6-7-15-16(10-13)17(14)11-23-12-18(15)21/h13-17H,4-12H2,1-3H3. The number of ketones is 2.